The monoisotopic (exact) mass is 332 g/mol. The summed E-state index contributed by atoms with van der Waals surface area (Å²) < 4.78 is 21.2. The molecule has 0 amide bonds. The molecule has 0 radical (unpaired) electrons. The van der Waals surface area contributed by atoms with Crippen LogP contribution in [0.4, 0.5) is 0 Å². The van der Waals surface area contributed by atoms with E-state index in [1.807, 2.05) is 6.92 Å². The van der Waals surface area contributed by atoms with Crippen molar-refractivity contribution >= 4 is 22.7 Å². The van der Waals surface area contributed by atoms with E-state index < -0.39 is 11.9 Å². The van der Waals surface area contributed by atoms with E-state index in [9.17, 15) is 9.59 Å². The summed E-state index contributed by atoms with van der Waals surface area (Å²) in [5.74, 6) is 0.274. The van der Waals surface area contributed by atoms with Crippen LogP contribution in [0.2, 0.25) is 0 Å². The van der Waals surface area contributed by atoms with Gasteiger partial charge in [0.2, 0.25) is 0 Å². The molecule has 0 bridgehead atoms. The molecule has 2 aromatic rings. The lowest BCUT2D eigenvalue weighted by Gasteiger charge is -2.15. The molecule has 0 aliphatic rings. The summed E-state index contributed by atoms with van der Waals surface area (Å²) in [6, 6.07) is 6.55. The van der Waals surface area contributed by atoms with Crippen LogP contribution in [0.1, 0.15) is 30.6 Å². The number of methoxy groups -OCH3 is 2. The number of hydrogen-bond donors (Lipinski definition) is 0. The Bertz CT molecular complexity index is 766. The first-order valence-electron chi connectivity index (χ1n) is 7.56. The average Bonchev–Trinajstić information content (AvgIpc) is 2.57. The number of carbonyl (C=O) groups is 2. The topological polar surface area (TPSA) is 71.1 Å². The molecule has 0 fully saturated rings. The van der Waals surface area contributed by atoms with E-state index in [1.54, 1.807) is 18.2 Å². The Morgan fingerprint density at radius 1 is 1.00 bits per heavy atom. The lowest BCUT2D eigenvalue weighted by Crippen LogP contribution is -2.08. The molecule has 0 aliphatic heterocycles. The number of rotatable bonds is 6. The summed E-state index contributed by atoms with van der Waals surface area (Å²) >= 11 is 0. The molecule has 128 valence electrons. The van der Waals surface area contributed by atoms with Gasteiger partial charge in [0, 0.05) is 12.3 Å². The predicted octanol–water partition coefficient (Wildman–Crippen LogP) is 3.35. The van der Waals surface area contributed by atoms with Gasteiger partial charge in [-0.15, -0.1) is 0 Å². The molecule has 0 heterocycles. The molecule has 0 spiro atoms. The van der Waals surface area contributed by atoms with E-state index in [0.717, 1.165) is 0 Å². The van der Waals surface area contributed by atoms with Crippen molar-refractivity contribution in [1.29, 1.82) is 0 Å². The zero-order chi connectivity index (χ0) is 17.7. The fraction of sp³-hybridized carbons (Fsp3) is 0.333. The normalized spacial score (nSPS) is 10.3. The number of ether oxygens (including phenoxy) is 4. The Morgan fingerprint density at radius 3 is 2.25 bits per heavy atom. The zero-order valence-electron chi connectivity index (χ0n) is 14.2. The summed E-state index contributed by atoms with van der Waals surface area (Å²) in [4.78, 5) is 23.7. The molecule has 24 heavy (non-hydrogen) atoms. The van der Waals surface area contributed by atoms with Crippen LogP contribution in [0.25, 0.3) is 10.8 Å². The van der Waals surface area contributed by atoms with Crippen molar-refractivity contribution in [3.05, 3.63) is 29.8 Å². The van der Waals surface area contributed by atoms with Crippen molar-refractivity contribution in [2.75, 3.05) is 20.8 Å². The molecule has 2 aromatic carbocycles. The smallest absolute Gasteiger partial charge is 0.338 e. The predicted molar refractivity (Wildman–Crippen MR) is 88.9 cm³/mol. The fourth-order valence-electron chi connectivity index (χ4n) is 2.37. The summed E-state index contributed by atoms with van der Waals surface area (Å²) in [5.41, 5.74) is 0.277. The van der Waals surface area contributed by atoms with Crippen LogP contribution in [0, 0.1) is 0 Å². The molecule has 0 saturated carbocycles. The van der Waals surface area contributed by atoms with E-state index >= 15 is 0 Å². The minimum absolute atomic E-state index is 0.221. The molecule has 6 nitrogen and oxygen atoms in total. The fourth-order valence-corrected chi connectivity index (χ4v) is 2.37. The Hall–Kier alpha value is -2.76. The van der Waals surface area contributed by atoms with E-state index in [2.05, 4.69) is 0 Å². The van der Waals surface area contributed by atoms with Crippen LogP contribution in [-0.2, 0) is 9.53 Å². The molecule has 0 unspecified atom stereocenters. The SMILES string of the molecule is CCCOC(=O)c1cc(OC(C)=O)c2c(OC)ccc(OC)c2c1. The van der Waals surface area contributed by atoms with Gasteiger partial charge in [-0.2, -0.15) is 0 Å². The van der Waals surface area contributed by atoms with Crippen LogP contribution in [0.15, 0.2) is 24.3 Å². The first-order valence-corrected chi connectivity index (χ1v) is 7.56. The highest BCUT2D eigenvalue weighted by atomic mass is 16.5. The van der Waals surface area contributed by atoms with Crippen molar-refractivity contribution in [3.8, 4) is 17.2 Å². The lowest BCUT2D eigenvalue weighted by molar-refractivity contribution is -0.131. The number of hydrogen-bond acceptors (Lipinski definition) is 6. The third-order valence-electron chi connectivity index (χ3n) is 3.37. The highest BCUT2D eigenvalue weighted by Crippen LogP contribution is 2.40. The summed E-state index contributed by atoms with van der Waals surface area (Å²) in [6.07, 6.45) is 0.716. The standard InChI is InChI=1S/C18H20O6/c1-5-8-23-18(20)12-9-13-14(21-3)6-7-15(22-4)17(13)16(10-12)24-11(2)19/h6-7,9-10H,5,8H2,1-4H3. The number of carbonyl (C=O) groups excluding carboxylic acids is 2. The third kappa shape index (κ3) is 3.59. The first kappa shape index (κ1) is 17.6. The van der Waals surface area contributed by atoms with Gasteiger partial charge in [0.1, 0.15) is 17.2 Å². The molecule has 0 atom stereocenters. The van der Waals surface area contributed by atoms with Crippen LogP contribution in [0.3, 0.4) is 0 Å². The van der Waals surface area contributed by atoms with Crippen LogP contribution >= 0.6 is 0 Å². The number of esters is 2. The number of fused-ring (bicyclic) bond motifs is 1. The van der Waals surface area contributed by atoms with Gasteiger partial charge in [-0.05, 0) is 30.7 Å². The molecular weight excluding hydrogens is 312 g/mol. The van der Waals surface area contributed by atoms with Crippen molar-refractivity contribution in [3.63, 3.8) is 0 Å². The molecule has 0 N–H and O–H groups in total. The quantitative estimate of drug-likeness (QED) is 0.597. The Kier molecular flexibility index (Phi) is 5.63. The lowest BCUT2D eigenvalue weighted by atomic mass is 10.0. The van der Waals surface area contributed by atoms with Crippen LogP contribution in [-0.4, -0.2) is 32.8 Å². The van der Waals surface area contributed by atoms with Gasteiger partial charge < -0.3 is 18.9 Å². The van der Waals surface area contributed by atoms with Crippen molar-refractivity contribution in [2.24, 2.45) is 0 Å². The largest absolute Gasteiger partial charge is 0.496 e. The van der Waals surface area contributed by atoms with Gasteiger partial charge in [0.15, 0.2) is 0 Å². The van der Waals surface area contributed by atoms with Crippen molar-refractivity contribution < 1.29 is 28.5 Å². The van der Waals surface area contributed by atoms with Gasteiger partial charge in [-0.25, -0.2) is 4.79 Å². The van der Waals surface area contributed by atoms with Gasteiger partial charge in [0.25, 0.3) is 0 Å². The maximum atomic E-state index is 12.2. The first-order chi connectivity index (χ1) is 11.5. The minimum atomic E-state index is -0.500. The van der Waals surface area contributed by atoms with Crippen molar-refractivity contribution in [1.82, 2.24) is 0 Å². The summed E-state index contributed by atoms with van der Waals surface area (Å²) in [6.45, 7) is 3.52. The maximum absolute atomic E-state index is 12.2. The van der Waals surface area contributed by atoms with Gasteiger partial charge >= 0.3 is 11.9 Å². The Morgan fingerprint density at radius 2 is 1.67 bits per heavy atom. The zero-order valence-corrected chi connectivity index (χ0v) is 14.2. The Balaban J connectivity index is 2.71. The molecule has 0 saturated heterocycles. The highest BCUT2D eigenvalue weighted by Gasteiger charge is 2.19. The molecule has 6 heteroatoms. The Labute approximate surface area is 140 Å². The number of benzene rings is 2. The maximum Gasteiger partial charge on any atom is 0.338 e. The van der Waals surface area contributed by atoms with Crippen LogP contribution < -0.4 is 14.2 Å². The van der Waals surface area contributed by atoms with Crippen LogP contribution in [0.5, 0.6) is 17.2 Å². The molecule has 0 aliphatic carbocycles. The second-order valence-corrected chi connectivity index (χ2v) is 5.10. The van der Waals surface area contributed by atoms with E-state index in [-0.39, 0.29) is 11.3 Å². The van der Waals surface area contributed by atoms with E-state index in [4.69, 9.17) is 18.9 Å². The third-order valence-corrected chi connectivity index (χ3v) is 3.37. The van der Waals surface area contributed by atoms with Gasteiger partial charge in [-0.3, -0.25) is 4.79 Å². The second kappa shape index (κ2) is 7.68. The molecule has 0 aromatic heterocycles. The molecular formula is C18H20O6. The summed E-state index contributed by atoms with van der Waals surface area (Å²) in [5, 5.41) is 1.15. The van der Waals surface area contributed by atoms with Gasteiger partial charge in [-0.1, -0.05) is 6.92 Å². The highest BCUT2D eigenvalue weighted by molar-refractivity contribution is 6.04. The van der Waals surface area contributed by atoms with Crippen molar-refractivity contribution in [2.45, 2.75) is 20.3 Å². The van der Waals surface area contributed by atoms with E-state index in [1.165, 1.54) is 27.2 Å². The average molecular weight is 332 g/mol. The van der Waals surface area contributed by atoms with E-state index in [0.29, 0.717) is 35.3 Å². The summed E-state index contributed by atoms with van der Waals surface area (Å²) in [7, 11) is 3.04. The second-order valence-electron chi connectivity index (χ2n) is 5.10. The van der Waals surface area contributed by atoms with Gasteiger partial charge in [0.05, 0.1) is 31.8 Å². The minimum Gasteiger partial charge on any atom is -0.496 e. The molecule has 2 rings (SSSR count).